The molecule has 3 heteroatoms. The molecule has 2 heterocycles. The van der Waals surface area contributed by atoms with E-state index in [0.29, 0.717) is 0 Å². The molecule has 0 N–H and O–H groups in total. The van der Waals surface area contributed by atoms with Gasteiger partial charge in [0.1, 0.15) is 0 Å². The van der Waals surface area contributed by atoms with Crippen molar-refractivity contribution >= 4 is 29.2 Å². The molecule has 0 atom stereocenters. The summed E-state index contributed by atoms with van der Waals surface area (Å²) in [5, 5.41) is 0. The van der Waals surface area contributed by atoms with Crippen molar-refractivity contribution in [3.63, 3.8) is 0 Å². The lowest BCUT2D eigenvalue weighted by Gasteiger charge is -2.40. The van der Waals surface area contributed by atoms with E-state index in [0.717, 1.165) is 5.69 Å². The Labute approximate surface area is 228 Å². The third-order valence-electron chi connectivity index (χ3n) is 7.56. The van der Waals surface area contributed by atoms with Crippen LogP contribution in [0.5, 0.6) is 0 Å². The molecule has 0 aromatic heterocycles. The van der Waals surface area contributed by atoms with Crippen LogP contribution in [-0.4, -0.2) is 6.71 Å². The maximum atomic E-state index is 3.97. The summed E-state index contributed by atoms with van der Waals surface area (Å²) in [5.74, 6) is 0. The van der Waals surface area contributed by atoms with Crippen molar-refractivity contribution in [1.82, 2.24) is 0 Å². The number of aryl methyl sites for hydroxylation is 1. The second kappa shape index (κ2) is 10.6. The smallest absolute Gasteiger partial charge is 0.239 e. The van der Waals surface area contributed by atoms with Crippen molar-refractivity contribution in [1.29, 1.82) is 0 Å². The zero-order valence-corrected chi connectivity index (χ0v) is 23.1. The number of hydrogen-bond acceptors (Lipinski definition) is 2. The fourth-order valence-electron chi connectivity index (χ4n) is 5.88. The summed E-state index contributed by atoms with van der Waals surface area (Å²) >= 11 is 0. The summed E-state index contributed by atoms with van der Waals surface area (Å²) in [5.41, 5.74) is 13.6. The van der Waals surface area contributed by atoms with E-state index in [1.165, 1.54) is 56.0 Å². The standard InChI is InChI=1S/C35H35BN2/c1-7-8-20-33-28(5)36-29(6)35(38(33)32-21-14-12-16-26(32)3)24-25(2)23-27(4)37(30-17-10-9-11-18-30)34-22-15-13-19-31(34)36/h7-24H,1H2,2-6H3/b20-8-,25-24-,27-23+. The molecule has 5 rings (SSSR count). The molecule has 0 radical (unpaired) electrons. The first-order valence-corrected chi connectivity index (χ1v) is 13.3. The van der Waals surface area contributed by atoms with E-state index >= 15 is 0 Å². The van der Waals surface area contributed by atoms with Gasteiger partial charge in [-0.25, -0.2) is 0 Å². The fourth-order valence-corrected chi connectivity index (χ4v) is 5.88. The molecule has 2 bridgehead atoms. The first-order valence-electron chi connectivity index (χ1n) is 13.3. The van der Waals surface area contributed by atoms with E-state index in [2.05, 4.69) is 148 Å². The topological polar surface area (TPSA) is 6.48 Å². The van der Waals surface area contributed by atoms with Crippen LogP contribution in [-0.2, 0) is 0 Å². The SMILES string of the molecule is C=C/C=C\C1=C(C)B2C(C)=C(/C=C(C)\C=C(/C)N(c3ccccc3)c3ccccc32)N1c1ccccc1C. The molecular formula is C35H35BN2. The van der Waals surface area contributed by atoms with Gasteiger partial charge in [0, 0.05) is 34.2 Å². The van der Waals surface area contributed by atoms with Crippen molar-refractivity contribution in [2.45, 2.75) is 34.6 Å². The highest BCUT2D eigenvalue weighted by molar-refractivity contribution is 6.87. The fraction of sp³-hybridized carbons (Fsp3) is 0.143. The summed E-state index contributed by atoms with van der Waals surface area (Å²) in [7, 11) is 0. The maximum Gasteiger partial charge on any atom is 0.239 e. The summed E-state index contributed by atoms with van der Waals surface area (Å²) < 4.78 is 0. The van der Waals surface area contributed by atoms with Gasteiger partial charge >= 0.3 is 0 Å². The van der Waals surface area contributed by atoms with Gasteiger partial charge in [0.05, 0.1) is 0 Å². The van der Waals surface area contributed by atoms with Crippen molar-refractivity contribution < 1.29 is 0 Å². The minimum absolute atomic E-state index is 0.132. The van der Waals surface area contributed by atoms with Crippen molar-refractivity contribution in [2.24, 2.45) is 0 Å². The highest BCUT2D eigenvalue weighted by Gasteiger charge is 2.36. The molecule has 0 saturated carbocycles. The van der Waals surface area contributed by atoms with Gasteiger partial charge in [0.2, 0.25) is 6.71 Å². The van der Waals surface area contributed by atoms with Gasteiger partial charge in [0.25, 0.3) is 0 Å². The zero-order chi connectivity index (χ0) is 26.8. The number of hydrogen-bond donors (Lipinski definition) is 0. The van der Waals surface area contributed by atoms with Gasteiger partial charge in [-0.05, 0) is 93.7 Å². The summed E-state index contributed by atoms with van der Waals surface area (Å²) in [4.78, 5) is 4.83. The Bertz CT molecular complexity index is 1530. The number of para-hydroxylation sites is 3. The molecule has 3 aromatic rings. The van der Waals surface area contributed by atoms with E-state index in [4.69, 9.17) is 0 Å². The average molecular weight is 494 g/mol. The summed E-state index contributed by atoms with van der Waals surface area (Å²) in [6.45, 7) is 15.3. The third-order valence-corrected chi connectivity index (χ3v) is 7.56. The highest BCUT2D eigenvalue weighted by Crippen LogP contribution is 2.40. The van der Waals surface area contributed by atoms with Crippen molar-refractivity contribution in [3.05, 3.63) is 155 Å². The number of allylic oxidation sites excluding steroid dienone is 9. The second-order valence-electron chi connectivity index (χ2n) is 10.2. The molecule has 2 aliphatic heterocycles. The van der Waals surface area contributed by atoms with Gasteiger partial charge < -0.3 is 9.80 Å². The van der Waals surface area contributed by atoms with Crippen LogP contribution in [0.4, 0.5) is 17.1 Å². The van der Waals surface area contributed by atoms with Crippen LogP contribution in [0.15, 0.2) is 149 Å². The van der Waals surface area contributed by atoms with Gasteiger partial charge in [0.15, 0.2) is 0 Å². The predicted octanol–water partition coefficient (Wildman–Crippen LogP) is 8.59. The molecule has 2 aliphatic rings. The summed E-state index contributed by atoms with van der Waals surface area (Å²) in [6, 6.07) is 28.2. The average Bonchev–Trinajstić information content (AvgIpc) is 2.91. The van der Waals surface area contributed by atoms with Crippen molar-refractivity contribution in [2.75, 3.05) is 9.80 Å². The number of nitrogens with zero attached hydrogens (tertiary/aromatic N) is 2. The van der Waals surface area contributed by atoms with Crippen molar-refractivity contribution in [3.8, 4) is 0 Å². The Balaban J connectivity index is 1.86. The largest absolute Gasteiger partial charge is 0.315 e. The molecule has 2 nitrogen and oxygen atoms in total. The summed E-state index contributed by atoms with van der Waals surface area (Å²) in [6.07, 6.45) is 10.8. The minimum Gasteiger partial charge on any atom is -0.315 e. The molecule has 3 aromatic carbocycles. The van der Waals surface area contributed by atoms with Gasteiger partial charge in [-0.2, -0.15) is 0 Å². The highest BCUT2D eigenvalue weighted by atomic mass is 15.2. The van der Waals surface area contributed by atoms with E-state index in [1.54, 1.807) is 0 Å². The normalized spacial score (nSPS) is 18.7. The van der Waals surface area contributed by atoms with Gasteiger partial charge in [-0.1, -0.05) is 84.3 Å². The molecule has 188 valence electrons. The molecular weight excluding hydrogens is 459 g/mol. The third kappa shape index (κ3) is 4.50. The monoisotopic (exact) mass is 494 g/mol. The number of fused-ring (bicyclic) bond motifs is 3. The number of benzene rings is 3. The van der Waals surface area contributed by atoms with Crippen LogP contribution in [0.1, 0.15) is 33.3 Å². The molecule has 0 unspecified atom stereocenters. The number of anilines is 3. The van der Waals surface area contributed by atoms with E-state index < -0.39 is 0 Å². The van der Waals surface area contributed by atoms with E-state index in [9.17, 15) is 0 Å². The van der Waals surface area contributed by atoms with Crippen LogP contribution in [0.2, 0.25) is 0 Å². The lowest BCUT2D eigenvalue weighted by atomic mass is 9.34. The minimum atomic E-state index is 0.132. The lowest BCUT2D eigenvalue weighted by Crippen LogP contribution is -2.44. The molecule has 0 fully saturated rings. The predicted molar refractivity (Wildman–Crippen MR) is 166 cm³/mol. The quantitative estimate of drug-likeness (QED) is 0.265. The zero-order valence-electron chi connectivity index (χ0n) is 23.1. The molecule has 0 spiro atoms. The Hall–Kier alpha value is -4.24. The van der Waals surface area contributed by atoms with Crippen LogP contribution in [0.3, 0.4) is 0 Å². The first-order chi connectivity index (χ1) is 18.4. The van der Waals surface area contributed by atoms with Gasteiger partial charge in [-0.3, -0.25) is 0 Å². The van der Waals surface area contributed by atoms with E-state index in [1.807, 2.05) is 12.2 Å². The lowest BCUT2D eigenvalue weighted by molar-refractivity contribution is 1.07. The van der Waals surface area contributed by atoms with Crippen LogP contribution >= 0.6 is 0 Å². The van der Waals surface area contributed by atoms with Crippen LogP contribution in [0.25, 0.3) is 0 Å². The molecule has 38 heavy (non-hydrogen) atoms. The molecule has 0 amide bonds. The Kier molecular flexibility index (Phi) is 7.11. The Morgan fingerprint density at radius 3 is 2.05 bits per heavy atom. The van der Waals surface area contributed by atoms with Crippen LogP contribution in [0, 0.1) is 6.92 Å². The Morgan fingerprint density at radius 2 is 1.34 bits per heavy atom. The Morgan fingerprint density at radius 1 is 0.684 bits per heavy atom. The second-order valence-corrected chi connectivity index (χ2v) is 10.2. The first kappa shape index (κ1) is 25.4. The maximum absolute atomic E-state index is 3.97. The molecule has 0 aliphatic carbocycles. The molecule has 0 saturated heterocycles. The van der Waals surface area contributed by atoms with Gasteiger partial charge in [-0.15, -0.1) is 0 Å². The number of rotatable bonds is 4. The van der Waals surface area contributed by atoms with Crippen LogP contribution < -0.4 is 15.3 Å². The van der Waals surface area contributed by atoms with E-state index in [-0.39, 0.29) is 6.71 Å².